The van der Waals surface area contributed by atoms with Gasteiger partial charge >= 0.3 is 0 Å². The summed E-state index contributed by atoms with van der Waals surface area (Å²) in [4.78, 5) is 0. The molecule has 7 aromatic rings. The standard InChI is InChI=1S/C36H23N/c1-4-13-28-22(8-1)18-24-10-7-11-25-19-26(21-32(28)35(24)25)37-34-15-6-5-14-30(34)31-17-16-29-27-12-3-2-9-23(27)20-33(29)36(31)37/h1-17,19,21H,18,20H2. The molecule has 2 aliphatic carbocycles. The van der Waals surface area contributed by atoms with Crippen molar-refractivity contribution in [1.82, 2.24) is 4.57 Å². The van der Waals surface area contributed by atoms with Gasteiger partial charge < -0.3 is 4.57 Å². The van der Waals surface area contributed by atoms with Crippen molar-refractivity contribution in [2.75, 3.05) is 0 Å². The van der Waals surface area contributed by atoms with Crippen molar-refractivity contribution in [3.63, 3.8) is 0 Å². The minimum atomic E-state index is 0.979. The van der Waals surface area contributed by atoms with Crippen molar-refractivity contribution < 1.29 is 0 Å². The summed E-state index contributed by atoms with van der Waals surface area (Å²) in [7, 11) is 0. The maximum Gasteiger partial charge on any atom is 0.0582 e. The quantitative estimate of drug-likeness (QED) is 0.226. The highest BCUT2D eigenvalue weighted by Crippen LogP contribution is 2.46. The zero-order valence-electron chi connectivity index (χ0n) is 20.3. The van der Waals surface area contributed by atoms with E-state index in [-0.39, 0.29) is 0 Å². The van der Waals surface area contributed by atoms with Crippen LogP contribution in [0.1, 0.15) is 22.3 Å². The lowest BCUT2D eigenvalue weighted by Crippen LogP contribution is -2.03. The largest absolute Gasteiger partial charge is 0.309 e. The molecule has 1 heteroatoms. The monoisotopic (exact) mass is 469 g/mol. The van der Waals surface area contributed by atoms with Gasteiger partial charge in [0.05, 0.1) is 11.0 Å². The van der Waals surface area contributed by atoms with Crippen LogP contribution in [0.3, 0.4) is 0 Å². The first-order chi connectivity index (χ1) is 18.3. The van der Waals surface area contributed by atoms with Crippen LogP contribution in [-0.4, -0.2) is 4.57 Å². The maximum atomic E-state index is 2.54. The van der Waals surface area contributed by atoms with Gasteiger partial charge in [0.2, 0.25) is 0 Å². The molecule has 37 heavy (non-hydrogen) atoms. The molecule has 0 saturated carbocycles. The number of nitrogens with zero attached hydrogens (tertiary/aromatic N) is 1. The van der Waals surface area contributed by atoms with Crippen LogP contribution in [-0.2, 0) is 12.8 Å². The summed E-state index contributed by atoms with van der Waals surface area (Å²) in [6, 6.07) is 43.1. The van der Waals surface area contributed by atoms with E-state index in [1.807, 2.05) is 0 Å². The molecule has 0 bridgehead atoms. The number of hydrogen-bond acceptors (Lipinski definition) is 0. The van der Waals surface area contributed by atoms with Gasteiger partial charge in [-0.05, 0) is 79.9 Å². The number of fused-ring (bicyclic) bond motifs is 9. The molecule has 0 atom stereocenters. The van der Waals surface area contributed by atoms with E-state index < -0.39 is 0 Å². The van der Waals surface area contributed by atoms with Gasteiger partial charge in [-0.1, -0.05) is 97.1 Å². The minimum absolute atomic E-state index is 0.979. The predicted molar refractivity (Wildman–Crippen MR) is 155 cm³/mol. The van der Waals surface area contributed by atoms with E-state index in [9.17, 15) is 0 Å². The van der Waals surface area contributed by atoms with Gasteiger partial charge in [0.1, 0.15) is 0 Å². The Morgan fingerprint density at radius 1 is 0.486 bits per heavy atom. The van der Waals surface area contributed by atoms with Crippen molar-refractivity contribution in [3.8, 4) is 27.9 Å². The van der Waals surface area contributed by atoms with E-state index in [1.165, 1.54) is 82.8 Å². The molecule has 1 heterocycles. The Morgan fingerprint density at radius 2 is 1.22 bits per heavy atom. The van der Waals surface area contributed by atoms with Crippen LogP contribution in [0, 0.1) is 0 Å². The zero-order valence-corrected chi connectivity index (χ0v) is 20.3. The van der Waals surface area contributed by atoms with Gasteiger partial charge in [0, 0.05) is 22.9 Å². The lowest BCUT2D eigenvalue weighted by Gasteiger charge is -2.22. The molecule has 0 radical (unpaired) electrons. The van der Waals surface area contributed by atoms with Gasteiger partial charge in [-0.15, -0.1) is 0 Å². The summed E-state index contributed by atoms with van der Waals surface area (Å²) < 4.78 is 2.54. The summed E-state index contributed by atoms with van der Waals surface area (Å²) in [5.41, 5.74) is 15.0. The fraction of sp³-hybridized carbons (Fsp3) is 0.0556. The first kappa shape index (κ1) is 19.6. The van der Waals surface area contributed by atoms with Gasteiger partial charge in [-0.25, -0.2) is 0 Å². The van der Waals surface area contributed by atoms with Crippen LogP contribution in [0.2, 0.25) is 0 Å². The third-order valence-corrected chi connectivity index (χ3v) is 8.61. The molecule has 0 saturated heterocycles. The van der Waals surface area contributed by atoms with Crippen LogP contribution in [0.5, 0.6) is 0 Å². The van der Waals surface area contributed by atoms with Gasteiger partial charge in [-0.2, -0.15) is 0 Å². The number of benzene rings is 6. The van der Waals surface area contributed by atoms with E-state index in [1.54, 1.807) is 0 Å². The zero-order chi connectivity index (χ0) is 24.1. The molecule has 0 spiro atoms. The van der Waals surface area contributed by atoms with Crippen LogP contribution in [0.4, 0.5) is 0 Å². The summed E-state index contributed by atoms with van der Waals surface area (Å²) in [6.45, 7) is 0. The lowest BCUT2D eigenvalue weighted by molar-refractivity contribution is 1.15. The second kappa shape index (κ2) is 6.99. The topological polar surface area (TPSA) is 4.93 Å². The van der Waals surface area contributed by atoms with E-state index in [0.29, 0.717) is 0 Å². The van der Waals surface area contributed by atoms with Crippen molar-refractivity contribution in [2.24, 2.45) is 0 Å². The second-order valence-corrected chi connectivity index (χ2v) is 10.5. The highest BCUT2D eigenvalue weighted by molar-refractivity contribution is 6.13. The molecule has 0 N–H and O–H groups in total. The smallest absolute Gasteiger partial charge is 0.0582 e. The molecule has 1 nitrogen and oxygen atoms in total. The summed E-state index contributed by atoms with van der Waals surface area (Å²) >= 11 is 0. The molecule has 6 aromatic carbocycles. The first-order valence-electron chi connectivity index (χ1n) is 13.1. The van der Waals surface area contributed by atoms with Crippen LogP contribution >= 0.6 is 0 Å². The molecular formula is C36H23N. The van der Waals surface area contributed by atoms with E-state index in [2.05, 4.69) is 120 Å². The van der Waals surface area contributed by atoms with E-state index in [0.717, 1.165) is 12.8 Å². The summed E-state index contributed by atoms with van der Waals surface area (Å²) in [5, 5.41) is 5.38. The Morgan fingerprint density at radius 3 is 2.11 bits per heavy atom. The predicted octanol–water partition coefficient (Wildman–Crippen LogP) is 9.08. The number of para-hydroxylation sites is 1. The minimum Gasteiger partial charge on any atom is -0.309 e. The fourth-order valence-electron chi connectivity index (χ4n) is 7.07. The molecule has 2 aliphatic rings. The lowest BCUT2D eigenvalue weighted by atomic mass is 9.83. The number of rotatable bonds is 1. The Labute approximate surface area is 215 Å². The van der Waals surface area contributed by atoms with Gasteiger partial charge in [-0.3, -0.25) is 0 Å². The van der Waals surface area contributed by atoms with Crippen LogP contribution in [0.15, 0.2) is 115 Å². The first-order valence-corrected chi connectivity index (χ1v) is 13.1. The average molecular weight is 470 g/mol. The molecule has 172 valence electrons. The van der Waals surface area contributed by atoms with E-state index >= 15 is 0 Å². The Balaban J connectivity index is 1.43. The van der Waals surface area contributed by atoms with Crippen molar-refractivity contribution in [3.05, 3.63) is 138 Å². The Kier molecular flexibility index (Phi) is 3.69. The summed E-state index contributed by atoms with van der Waals surface area (Å²) in [5.74, 6) is 0. The molecule has 9 rings (SSSR count). The second-order valence-electron chi connectivity index (χ2n) is 10.5. The number of aromatic nitrogens is 1. The molecule has 0 fully saturated rings. The van der Waals surface area contributed by atoms with Gasteiger partial charge in [0.25, 0.3) is 0 Å². The van der Waals surface area contributed by atoms with Crippen molar-refractivity contribution in [1.29, 1.82) is 0 Å². The average Bonchev–Trinajstić information content (AvgIpc) is 3.49. The third-order valence-electron chi connectivity index (χ3n) is 8.61. The van der Waals surface area contributed by atoms with Crippen molar-refractivity contribution >= 4 is 32.6 Å². The fourth-order valence-corrected chi connectivity index (χ4v) is 7.07. The molecule has 0 aliphatic heterocycles. The number of hydrogen-bond donors (Lipinski definition) is 0. The van der Waals surface area contributed by atoms with Gasteiger partial charge in [0.15, 0.2) is 0 Å². The van der Waals surface area contributed by atoms with Crippen LogP contribution < -0.4 is 0 Å². The highest BCUT2D eigenvalue weighted by Gasteiger charge is 2.25. The Bertz CT molecular complexity index is 2090. The van der Waals surface area contributed by atoms with Crippen LogP contribution in [0.25, 0.3) is 60.5 Å². The maximum absolute atomic E-state index is 2.54. The van der Waals surface area contributed by atoms with Crippen molar-refractivity contribution in [2.45, 2.75) is 12.8 Å². The normalized spacial score (nSPS) is 13.2. The van der Waals surface area contributed by atoms with E-state index in [4.69, 9.17) is 0 Å². The SMILES string of the molecule is c1ccc2c(c1)Cc1c-2ccc2c3ccccc3n(-c3cc4c5c(cccc5c3)Cc3ccccc3-4)c12. The Hall–Kier alpha value is -4.62. The molecule has 0 unspecified atom stereocenters. The third kappa shape index (κ3) is 2.53. The molecular weight excluding hydrogens is 446 g/mol. The summed E-state index contributed by atoms with van der Waals surface area (Å²) in [6.07, 6.45) is 1.98. The molecule has 0 amide bonds. The molecule has 1 aromatic heterocycles. The highest BCUT2D eigenvalue weighted by atomic mass is 15.0.